The Hall–Kier alpha value is -2.62. The van der Waals surface area contributed by atoms with Crippen molar-refractivity contribution in [2.45, 2.75) is 10.2 Å². The fraction of sp³-hybridized carbons (Fsp3) is 0. The zero-order chi connectivity index (χ0) is 14.0. The number of nitrogen functional groups attached to an aromatic ring is 3. The van der Waals surface area contributed by atoms with Gasteiger partial charge in [-0.2, -0.15) is 0 Å². The first kappa shape index (κ1) is 12.8. The average molecular weight is 279 g/mol. The topological polar surface area (TPSA) is 160 Å². The molecule has 0 saturated carbocycles. The van der Waals surface area contributed by atoms with Crippen molar-refractivity contribution in [1.29, 1.82) is 0 Å². The Kier molecular flexibility index (Phi) is 3.33. The summed E-state index contributed by atoms with van der Waals surface area (Å²) in [6.45, 7) is 0. The standard InChI is InChI=1S/C9H9N7O2S/c10-5-2-1-4(16(17)18)8(13-5)19-9-14-6(11)3-7(12)15-9/h1-3H,(H2,10,13)(H4,11,12,14,15). The van der Waals surface area contributed by atoms with Crippen molar-refractivity contribution in [3.05, 3.63) is 28.3 Å². The number of pyridine rings is 1. The molecule has 2 heterocycles. The zero-order valence-electron chi connectivity index (χ0n) is 9.48. The minimum absolute atomic E-state index is 0.0787. The molecule has 0 amide bonds. The first-order valence-electron chi connectivity index (χ1n) is 4.94. The smallest absolute Gasteiger partial charge is 0.301 e. The monoisotopic (exact) mass is 279 g/mol. The second-order valence-corrected chi connectivity index (χ2v) is 4.38. The summed E-state index contributed by atoms with van der Waals surface area (Å²) in [5.41, 5.74) is 16.3. The van der Waals surface area contributed by atoms with E-state index in [1.807, 2.05) is 0 Å². The number of rotatable bonds is 3. The van der Waals surface area contributed by atoms with Crippen LogP contribution in [0.3, 0.4) is 0 Å². The largest absolute Gasteiger partial charge is 0.384 e. The molecule has 0 radical (unpaired) electrons. The SMILES string of the molecule is Nc1cc(N)nc(Sc2nc(N)ccc2[N+](=O)[O-])n1. The Balaban J connectivity index is 2.42. The third-order valence-electron chi connectivity index (χ3n) is 1.99. The lowest BCUT2D eigenvalue weighted by Crippen LogP contribution is -2.01. The van der Waals surface area contributed by atoms with Crippen LogP contribution in [0.1, 0.15) is 0 Å². The minimum atomic E-state index is -0.565. The third-order valence-corrected chi connectivity index (χ3v) is 2.85. The van der Waals surface area contributed by atoms with Crippen LogP contribution < -0.4 is 17.2 Å². The van der Waals surface area contributed by atoms with Crippen LogP contribution in [0.4, 0.5) is 23.1 Å². The molecule has 0 atom stereocenters. The summed E-state index contributed by atoms with van der Waals surface area (Å²) in [6, 6.07) is 3.99. The molecule has 98 valence electrons. The van der Waals surface area contributed by atoms with Gasteiger partial charge in [0, 0.05) is 12.1 Å². The van der Waals surface area contributed by atoms with Crippen molar-refractivity contribution >= 4 is 34.9 Å². The van der Waals surface area contributed by atoms with E-state index in [1.54, 1.807) is 0 Å². The summed E-state index contributed by atoms with van der Waals surface area (Å²) in [5.74, 6) is 0.494. The third kappa shape index (κ3) is 2.98. The molecule has 0 spiro atoms. The molecule has 0 saturated heterocycles. The molecule has 0 fully saturated rings. The van der Waals surface area contributed by atoms with Crippen LogP contribution in [-0.4, -0.2) is 19.9 Å². The first-order chi connectivity index (χ1) is 8.95. The van der Waals surface area contributed by atoms with Gasteiger partial charge in [0.15, 0.2) is 10.2 Å². The lowest BCUT2D eigenvalue weighted by Gasteiger charge is -2.03. The minimum Gasteiger partial charge on any atom is -0.384 e. The van der Waals surface area contributed by atoms with Gasteiger partial charge >= 0.3 is 5.69 Å². The van der Waals surface area contributed by atoms with Gasteiger partial charge in [0.1, 0.15) is 17.5 Å². The fourth-order valence-corrected chi connectivity index (χ4v) is 2.13. The summed E-state index contributed by atoms with van der Waals surface area (Å²) in [7, 11) is 0. The summed E-state index contributed by atoms with van der Waals surface area (Å²) >= 11 is 0.870. The summed E-state index contributed by atoms with van der Waals surface area (Å²) in [6.07, 6.45) is 0. The first-order valence-corrected chi connectivity index (χ1v) is 5.76. The van der Waals surface area contributed by atoms with Gasteiger partial charge in [-0.1, -0.05) is 0 Å². The van der Waals surface area contributed by atoms with Gasteiger partial charge in [-0.3, -0.25) is 10.1 Å². The van der Waals surface area contributed by atoms with Gasteiger partial charge in [-0.05, 0) is 17.8 Å². The van der Waals surface area contributed by atoms with E-state index in [4.69, 9.17) is 17.2 Å². The molecular weight excluding hydrogens is 270 g/mol. The molecule has 0 aliphatic carbocycles. The maximum atomic E-state index is 10.9. The zero-order valence-corrected chi connectivity index (χ0v) is 10.3. The fourth-order valence-electron chi connectivity index (χ4n) is 1.26. The second-order valence-electron chi connectivity index (χ2n) is 3.42. The second kappa shape index (κ2) is 4.94. The quantitative estimate of drug-likeness (QED) is 0.416. The van der Waals surface area contributed by atoms with Crippen LogP contribution >= 0.6 is 11.8 Å². The summed E-state index contributed by atoms with van der Waals surface area (Å²) in [4.78, 5) is 22.0. The normalized spacial score (nSPS) is 10.3. The molecule has 19 heavy (non-hydrogen) atoms. The number of aromatic nitrogens is 3. The van der Waals surface area contributed by atoms with Gasteiger partial charge in [-0.15, -0.1) is 0 Å². The van der Waals surface area contributed by atoms with Crippen molar-refractivity contribution in [3.63, 3.8) is 0 Å². The van der Waals surface area contributed by atoms with Gasteiger partial charge in [0.2, 0.25) is 0 Å². The van der Waals surface area contributed by atoms with Crippen LogP contribution in [0.5, 0.6) is 0 Å². The molecule has 0 aromatic carbocycles. The highest BCUT2D eigenvalue weighted by Gasteiger charge is 2.18. The van der Waals surface area contributed by atoms with Crippen LogP contribution in [0.25, 0.3) is 0 Å². The van der Waals surface area contributed by atoms with E-state index >= 15 is 0 Å². The van der Waals surface area contributed by atoms with Gasteiger partial charge in [0.05, 0.1) is 4.92 Å². The number of hydrogen-bond acceptors (Lipinski definition) is 9. The van der Waals surface area contributed by atoms with E-state index in [9.17, 15) is 10.1 Å². The molecule has 0 bridgehead atoms. The maximum Gasteiger partial charge on any atom is 0.301 e. The molecule has 10 heteroatoms. The van der Waals surface area contributed by atoms with E-state index in [1.165, 1.54) is 18.2 Å². The highest BCUT2D eigenvalue weighted by Crippen LogP contribution is 2.32. The molecule has 2 rings (SSSR count). The molecule has 0 unspecified atom stereocenters. The molecule has 9 nitrogen and oxygen atoms in total. The Labute approximate surface area is 111 Å². The van der Waals surface area contributed by atoms with E-state index in [2.05, 4.69) is 15.0 Å². The lowest BCUT2D eigenvalue weighted by atomic mass is 10.4. The predicted octanol–water partition coefficient (Wildman–Crippen LogP) is 0.678. The van der Waals surface area contributed by atoms with Crippen molar-refractivity contribution in [1.82, 2.24) is 15.0 Å². The molecular formula is C9H9N7O2S. The highest BCUT2D eigenvalue weighted by atomic mass is 32.2. The molecule has 0 aliphatic rings. The molecule has 6 N–H and O–H groups in total. The maximum absolute atomic E-state index is 10.9. The molecule has 2 aromatic rings. The van der Waals surface area contributed by atoms with Gasteiger partial charge in [-0.25, -0.2) is 15.0 Å². The number of hydrogen-bond donors (Lipinski definition) is 3. The van der Waals surface area contributed by atoms with E-state index in [-0.39, 0.29) is 33.3 Å². The molecule has 0 aliphatic heterocycles. The van der Waals surface area contributed by atoms with Gasteiger partial charge in [0.25, 0.3) is 0 Å². The summed E-state index contributed by atoms with van der Waals surface area (Å²) < 4.78 is 0. The van der Waals surface area contributed by atoms with Gasteiger partial charge < -0.3 is 17.2 Å². The average Bonchev–Trinajstić information content (AvgIpc) is 2.26. The highest BCUT2D eigenvalue weighted by molar-refractivity contribution is 7.99. The van der Waals surface area contributed by atoms with Crippen LogP contribution in [-0.2, 0) is 0 Å². The van der Waals surface area contributed by atoms with Crippen molar-refractivity contribution in [3.8, 4) is 0 Å². The van der Waals surface area contributed by atoms with Crippen LogP contribution in [0.15, 0.2) is 28.4 Å². The number of nitro groups is 1. The number of nitrogens with two attached hydrogens (primary N) is 3. The van der Waals surface area contributed by atoms with Crippen LogP contribution in [0.2, 0.25) is 0 Å². The number of nitrogens with zero attached hydrogens (tertiary/aromatic N) is 4. The van der Waals surface area contributed by atoms with E-state index < -0.39 is 4.92 Å². The van der Waals surface area contributed by atoms with Crippen molar-refractivity contribution in [2.24, 2.45) is 0 Å². The van der Waals surface area contributed by atoms with E-state index in [0.29, 0.717) is 0 Å². The Morgan fingerprint density at radius 2 is 1.68 bits per heavy atom. The van der Waals surface area contributed by atoms with Crippen molar-refractivity contribution in [2.75, 3.05) is 17.2 Å². The van der Waals surface area contributed by atoms with Crippen molar-refractivity contribution < 1.29 is 4.92 Å². The Morgan fingerprint density at radius 3 is 2.26 bits per heavy atom. The Morgan fingerprint density at radius 1 is 1.05 bits per heavy atom. The lowest BCUT2D eigenvalue weighted by molar-refractivity contribution is -0.388. The summed E-state index contributed by atoms with van der Waals surface area (Å²) in [5, 5.41) is 11.1. The predicted molar refractivity (Wildman–Crippen MR) is 70.3 cm³/mol. The van der Waals surface area contributed by atoms with Crippen LogP contribution in [0, 0.1) is 10.1 Å². The molecule has 2 aromatic heterocycles. The Bertz CT molecular complexity index is 628. The van der Waals surface area contributed by atoms with E-state index in [0.717, 1.165) is 11.8 Å². The number of anilines is 3.